The Hall–Kier alpha value is -3.07. The van der Waals surface area contributed by atoms with Gasteiger partial charge in [0.15, 0.2) is 0 Å². The summed E-state index contributed by atoms with van der Waals surface area (Å²) in [5, 5.41) is 11.1. The monoisotopic (exact) mass is 338 g/mol. The Balaban J connectivity index is 1.65. The quantitative estimate of drug-likeness (QED) is 0.732. The molecule has 25 heavy (non-hydrogen) atoms. The van der Waals surface area contributed by atoms with E-state index in [0.29, 0.717) is 24.3 Å². The average Bonchev–Trinajstić information content (AvgIpc) is 3.33. The van der Waals surface area contributed by atoms with E-state index in [1.54, 1.807) is 41.7 Å². The third-order valence-electron chi connectivity index (χ3n) is 4.32. The maximum Gasteiger partial charge on any atom is 0.256 e. The summed E-state index contributed by atoms with van der Waals surface area (Å²) in [7, 11) is 1.94. The number of amides is 1. The van der Waals surface area contributed by atoms with Gasteiger partial charge in [-0.3, -0.25) is 9.78 Å². The summed E-state index contributed by atoms with van der Waals surface area (Å²) in [6, 6.07) is 1.66. The summed E-state index contributed by atoms with van der Waals surface area (Å²) in [6.45, 7) is 2.04. The molecule has 1 atom stereocenters. The second-order valence-electron chi connectivity index (χ2n) is 5.89. The summed E-state index contributed by atoms with van der Waals surface area (Å²) < 4.78 is 3.53. The van der Waals surface area contributed by atoms with Gasteiger partial charge in [0.2, 0.25) is 0 Å². The number of pyridine rings is 1. The van der Waals surface area contributed by atoms with Crippen molar-refractivity contribution in [3.8, 4) is 5.69 Å². The van der Waals surface area contributed by atoms with Crippen LogP contribution in [0.5, 0.6) is 0 Å². The molecule has 1 amide bonds. The van der Waals surface area contributed by atoms with Crippen molar-refractivity contribution in [1.82, 2.24) is 39.7 Å². The highest BCUT2D eigenvalue weighted by atomic mass is 16.2. The molecule has 1 aliphatic rings. The average molecular weight is 338 g/mol. The third-order valence-corrected chi connectivity index (χ3v) is 4.32. The first kappa shape index (κ1) is 15.5. The van der Waals surface area contributed by atoms with E-state index >= 15 is 0 Å². The Morgan fingerprint density at radius 2 is 2.20 bits per heavy atom. The molecule has 3 aromatic rings. The summed E-state index contributed by atoms with van der Waals surface area (Å²) in [5.74, 6) is 0.796. The van der Waals surface area contributed by atoms with Crippen LogP contribution in [-0.4, -0.2) is 60.0 Å². The highest BCUT2D eigenvalue weighted by molar-refractivity contribution is 5.94. The summed E-state index contributed by atoms with van der Waals surface area (Å²) >= 11 is 0. The largest absolute Gasteiger partial charge is 0.336 e. The normalized spacial score (nSPS) is 17.6. The van der Waals surface area contributed by atoms with E-state index in [2.05, 4.69) is 25.6 Å². The lowest BCUT2D eigenvalue weighted by atomic mass is 10.1. The number of nitrogens with one attached hydrogen (secondary N) is 1. The summed E-state index contributed by atoms with van der Waals surface area (Å²) in [6.07, 6.45) is 10.2. The molecule has 0 aliphatic carbocycles. The van der Waals surface area contributed by atoms with Crippen molar-refractivity contribution in [2.24, 2.45) is 7.05 Å². The van der Waals surface area contributed by atoms with Crippen molar-refractivity contribution in [1.29, 1.82) is 0 Å². The molecule has 0 spiro atoms. The number of carbonyl (C=O) groups excluding carboxylic acids is 1. The molecule has 0 aromatic carbocycles. The lowest BCUT2D eigenvalue weighted by Gasteiger charge is -2.35. The zero-order valence-electron chi connectivity index (χ0n) is 13.8. The van der Waals surface area contributed by atoms with E-state index in [-0.39, 0.29) is 11.9 Å². The van der Waals surface area contributed by atoms with Crippen LogP contribution in [0, 0.1) is 0 Å². The van der Waals surface area contributed by atoms with Gasteiger partial charge < -0.3 is 14.8 Å². The molecule has 1 N–H and O–H groups in total. The first-order valence-corrected chi connectivity index (χ1v) is 8.04. The molecular weight excluding hydrogens is 320 g/mol. The number of aryl methyl sites for hydroxylation is 1. The number of aromatic nitrogens is 6. The van der Waals surface area contributed by atoms with Crippen molar-refractivity contribution in [3.05, 3.63) is 54.6 Å². The van der Waals surface area contributed by atoms with Gasteiger partial charge in [0, 0.05) is 45.3 Å². The van der Waals surface area contributed by atoms with Gasteiger partial charge in [-0.1, -0.05) is 5.21 Å². The van der Waals surface area contributed by atoms with Gasteiger partial charge in [-0.05, 0) is 6.07 Å². The molecule has 1 aliphatic heterocycles. The molecule has 9 heteroatoms. The minimum atomic E-state index is -0.115. The van der Waals surface area contributed by atoms with Gasteiger partial charge in [0.05, 0.1) is 29.8 Å². The van der Waals surface area contributed by atoms with Crippen molar-refractivity contribution in [2.45, 2.75) is 6.04 Å². The molecule has 1 saturated heterocycles. The van der Waals surface area contributed by atoms with Crippen LogP contribution in [0.2, 0.25) is 0 Å². The fourth-order valence-corrected chi connectivity index (χ4v) is 3.06. The second kappa shape index (κ2) is 6.44. The number of hydrogen-bond donors (Lipinski definition) is 1. The zero-order chi connectivity index (χ0) is 17.2. The van der Waals surface area contributed by atoms with Crippen LogP contribution in [0.15, 0.2) is 43.2 Å². The fourth-order valence-electron chi connectivity index (χ4n) is 3.06. The van der Waals surface area contributed by atoms with Crippen LogP contribution in [0.4, 0.5) is 0 Å². The van der Waals surface area contributed by atoms with E-state index in [0.717, 1.165) is 12.4 Å². The third kappa shape index (κ3) is 2.89. The molecule has 0 saturated carbocycles. The molecule has 1 unspecified atom stereocenters. The van der Waals surface area contributed by atoms with E-state index in [1.165, 1.54) is 0 Å². The van der Waals surface area contributed by atoms with Gasteiger partial charge in [0.25, 0.3) is 5.91 Å². The number of piperazine rings is 1. The summed E-state index contributed by atoms with van der Waals surface area (Å²) in [5.41, 5.74) is 1.22. The Kier molecular flexibility index (Phi) is 3.98. The number of rotatable bonds is 3. The van der Waals surface area contributed by atoms with E-state index < -0.39 is 0 Å². The standard InChI is InChI=1S/C16H18N8O/c1-22-5-3-19-15(22)14-11-17-2-6-23(14)16(25)12-8-13(10-18-9-12)24-7-4-20-21-24/h3-5,7-10,14,17H,2,6,11H2,1H3. The van der Waals surface area contributed by atoms with Crippen LogP contribution in [0.3, 0.4) is 0 Å². The molecule has 0 radical (unpaired) electrons. The molecular formula is C16H18N8O. The summed E-state index contributed by atoms with van der Waals surface area (Å²) in [4.78, 5) is 23.6. The van der Waals surface area contributed by atoms with Gasteiger partial charge in [-0.2, -0.15) is 0 Å². The van der Waals surface area contributed by atoms with E-state index in [1.807, 2.05) is 22.7 Å². The SMILES string of the molecule is Cn1ccnc1C1CNCCN1C(=O)c1cncc(-n2ccnn2)c1. The van der Waals surface area contributed by atoms with Crippen molar-refractivity contribution >= 4 is 5.91 Å². The van der Waals surface area contributed by atoms with Gasteiger partial charge in [-0.25, -0.2) is 9.67 Å². The molecule has 128 valence electrons. The van der Waals surface area contributed by atoms with Crippen LogP contribution in [0.25, 0.3) is 5.69 Å². The van der Waals surface area contributed by atoms with Gasteiger partial charge in [-0.15, -0.1) is 5.10 Å². The first-order chi connectivity index (χ1) is 12.2. The predicted octanol–water partition coefficient (Wildman–Crippen LogP) is 0.182. The lowest BCUT2D eigenvalue weighted by Crippen LogP contribution is -2.49. The van der Waals surface area contributed by atoms with Crippen molar-refractivity contribution in [3.63, 3.8) is 0 Å². The Bertz CT molecular complexity index is 872. The second-order valence-corrected chi connectivity index (χ2v) is 5.89. The molecule has 3 aromatic heterocycles. The minimum Gasteiger partial charge on any atom is -0.336 e. The zero-order valence-corrected chi connectivity index (χ0v) is 13.8. The molecule has 4 heterocycles. The van der Waals surface area contributed by atoms with Gasteiger partial charge >= 0.3 is 0 Å². The first-order valence-electron chi connectivity index (χ1n) is 8.04. The smallest absolute Gasteiger partial charge is 0.256 e. The highest BCUT2D eigenvalue weighted by Gasteiger charge is 2.31. The predicted molar refractivity (Wildman–Crippen MR) is 89.0 cm³/mol. The Morgan fingerprint density at radius 1 is 1.28 bits per heavy atom. The highest BCUT2D eigenvalue weighted by Crippen LogP contribution is 2.23. The van der Waals surface area contributed by atoms with Crippen LogP contribution in [0.1, 0.15) is 22.2 Å². The maximum atomic E-state index is 13.1. The topological polar surface area (TPSA) is 93.8 Å². The number of hydrogen-bond acceptors (Lipinski definition) is 6. The molecule has 1 fully saturated rings. The Labute approximate surface area is 144 Å². The number of nitrogens with zero attached hydrogens (tertiary/aromatic N) is 7. The number of imidazole rings is 1. The van der Waals surface area contributed by atoms with E-state index in [4.69, 9.17) is 0 Å². The van der Waals surface area contributed by atoms with Crippen molar-refractivity contribution < 1.29 is 4.79 Å². The lowest BCUT2D eigenvalue weighted by molar-refractivity contribution is 0.0620. The number of carbonyl (C=O) groups is 1. The molecule has 0 bridgehead atoms. The van der Waals surface area contributed by atoms with Crippen molar-refractivity contribution in [2.75, 3.05) is 19.6 Å². The van der Waals surface area contributed by atoms with Crippen LogP contribution < -0.4 is 5.32 Å². The fraction of sp³-hybridized carbons (Fsp3) is 0.312. The van der Waals surface area contributed by atoms with Crippen LogP contribution in [-0.2, 0) is 7.05 Å². The molecule has 4 rings (SSSR count). The molecule has 9 nitrogen and oxygen atoms in total. The maximum absolute atomic E-state index is 13.1. The van der Waals surface area contributed by atoms with Crippen LogP contribution >= 0.6 is 0 Å². The van der Waals surface area contributed by atoms with E-state index in [9.17, 15) is 4.79 Å². The van der Waals surface area contributed by atoms with Gasteiger partial charge in [0.1, 0.15) is 11.9 Å². The minimum absolute atomic E-state index is 0.0658. The Morgan fingerprint density at radius 3 is 2.96 bits per heavy atom.